The van der Waals surface area contributed by atoms with Gasteiger partial charge in [-0.05, 0) is 106 Å². The molecule has 1 aliphatic carbocycles. The normalized spacial score (nSPS) is 19.1. The van der Waals surface area contributed by atoms with Crippen LogP contribution in [-0.2, 0) is 5.41 Å². The van der Waals surface area contributed by atoms with Crippen molar-refractivity contribution in [2.75, 3.05) is 33.9 Å². The number of ketones is 1. The van der Waals surface area contributed by atoms with E-state index in [0.717, 1.165) is 63.7 Å². The number of hydrogen-bond acceptors (Lipinski definition) is 5. The lowest BCUT2D eigenvalue weighted by Crippen LogP contribution is -2.39. The minimum Gasteiger partial charge on any atom is -0.493 e. The fraction of sp³-hybridized carbons (Fsp3) is 0.548. The van der Waals surface area contributed by atoms with Crippen molar-refractivity contribution >= 4 is 5.78 Å². The lowest BCUT2D eigenvalue weighted by molar-refractivity contribution is 0.0836. The molecule has 1 unspecified atom stereocenters. The number of piperidine rings is 1. The van der Waals surface area contributed by atoms with E-state index in [1.165, 1.54) is 31.4 Å². The molecule has 2 aliphatic rings. The quantitative estimate of drug-likeness (QED) is 0.342. The summed E-state index contributed by atoms with van der Waals surface area (Å²) in [6.45, 7) is 2.66. The number of methoxy groups -OCH3 is 2. The number of ether oxygens (including phenoxy) is 2. The van der Waals surface area contributed by atoms with Gasteiger partial charge in [-0.2, -0.15) is 5.26 Å². The number of carbonyl (C=O) groups is 1. The van der Waals surface area contributed by atoms with Gasteiger partial charge in [0.2, 0.25) is 0 Å². The van der Waals surface area contributed by atoms with Gasteiger partial charge in [-0.15, -0.1) is 0 Å². The Morgan fingerprint density at radius 2 is 1.68 bits per heavy atom. The number of rotatable bonds is 10. The third kappa shape index (κ3) is 6.15. The molecule has 0 N–H and O–H groups in total. The molecule has 1 heterocycles. The van der Waals surface area contributed by atoms with Gasteiger partial charge in [0.1, 0.15) is 5.82 Å². The molecule has 1 saturated heterocycles. The third-order valence-electron chi connectivity index (χ3n) is 8.53. The van der Waals surface area contributed by atoms with Crippen molar-refractivity contribution in [2.24, 2.45) is 11.8 Å². The zero-order valence-corrected chi connectivity index (χ0v) is 22.2. The van der Waals surface area contributed by atoms with Crippen molar-refractivity contribution in [1.82, 2.24) is 4.90 Å². The van der Waals surface area contributed by atoms with Crippen LogP contribution in [0.25, 0.3) is 0 Å². The van der Waals surface area contributed by atoms with Crippen LogP contribution in [0.15, 0.2) is 42.5 Å². The number of nitrogens with zero attached hydrogens (tertiary/aromatic N) is 2. The van der Waals surface area contributed by atoms with Crippen LogP contribution in [0.1, 0.15) is 73.7 Å². The van der Waals surface area contributed by atoms with Crippen LogP contribution in [-0.4, -0.2) is 44.5 Å². The average Bonchev–Trinajstić information content (AvgIpc) is 2.96. The molecule has 0 aromatic heterocycles. The van der Waals surface area contributed by atoms with Gasteiger partial charge in [0.05, 0.1) is 25.7 Å². The molecular formula is C31H39FN2O3. The summed E-state index contributed by atoms with van der Waals surface area (Å²) in [5.74, 6) is 1.48. The van der Waals surface area contributed by atoms with Crippen LogP contribution in [0.2, 0.25) is 0 Å². The predicted octanol–water partition coefficient (Wildman–Crippen LogP) is 6.56. The van der Waals surface area contributed by atoms with Crippen LogP contribution in [0, 0.1) is 29.0 Å². The topological polar surface area (TPSA) is 62.6 Å². The van der Waals surface area contributed by atoms with Gasteiger partial charge in [-0.1, -0.05) is 25.3 Å². The van der Waals surface area contributed by atoms with Crippen molar-refractivity contribution < 1.29 is 18.7 Å². The number of nitriles is 1. The Kier molecular flexibility index (Phi) is 9.21. The highest BCUT2D eigenvalue weighted by atomic mass is 19.1. The van der Waals surface area contributed by atoms with Crippen LogP contribution in [0.3, 0.4) is 0 Å². The van der Waals surface area contributed by atoms with Gasteiger partial charge >= 0.3 is 0 Å². The Balaban J connectivity index is 1.40. The summed E-state index contributed by atoms with van der Waals surface area (Å²) in [5.41, 5.74) is 1.08. The maximum absolute atomic E-state index is 13.2. The lowest BCUT2D eigenvalue weighted by Gasteiger charge is -2.39. The van der Waals surface area contributed by atoms with Crippen molar-refractivity contribution in [1.29, 1.82) is 5.26 Å². The van der Waals surface area contributed by atoms with E-state index >= 15 is 0 Å². The third-order valence-corrected chi connectivity index (χ3v) is 8.53. The number of halogens is 1. The number of benzene rings is 2. The van der Waals surface area contributed by atoms with Crippen LogP contribution >= 0.6 is 0 Å². The summed E-state index contributed by atoms with van der Waals surface area (Å²) in [4.78, 5) is 15.3. The van der Waals surface area contributed by atoms with Gasteiger partial charge in [0.25, 0.3) is 0 Å². The second-order valence-electron chi connectivity index (χ2n) is 10.6. The Bertz CT molecular complexity index is 1080. The summed E-state index contributed by atoms with van der Waals surface area (Å²) in [5, 5.41) is 10.6. The molecule has 0 radical (unpaired) electrons. The fourth-order valence-corrected chi connectivity index (χ4v) is 6.36. The summed E-state index contributed by atoms with van der Waals surface area (Å²) < 4.78 is 24.2. The number of hydrogen-bond donors (Lipinski definition) is 0. The molecule has 6 heteroatoms. The molecule has 0 spiro atoms. The van der Waals surface area contributed by atoms with Crippen LogP contribution in [0.4, 0.5) is 4.39 Å². The average molecular weight is 507 g/mol. The highest BCUT2D eigenvalue weighted by molar-refractivity contribution is 5.97. The number of carbonyl (C=O) groups excluding carboxylic acids is 1. The number of Topliss-reactive ketones (excluding diaryl/α,β-unsaturated/α-hetero) is 1. The van der Waals surface area contributed by atoms with E-state index in [9.17, 15) is 14.4 Å². The molecule has 4 rings (SSSR count). The Hall–Kier alpha value is -2.91. The Morgan fingerprint density at radius 3 is 2.30 bits per heavy atom. The largest absolute Gasteiger partial charge is 0.493 e. The molecular weight excluding hydrogens is 467 g/mol. The van der Waals surface area contributed by atoms with Crippen LogP contribution < -0.4 is 9.47 Å². The summed E-state index contributed by atoms with van der Waals surface area (Å²) in [6.07, 6.45) is 9.13. The molecule has 37 heavy (non-hydrogen) atoms. The minimum atomic E-state index is -0.545. The monoisotopic (exact) mass is 506 g/mol. The van der Waals surface area contributed by atoms with Gasteiger partial charge in [0.15, 0.2) is 17.3 Å². The first kappa shape index (κ1) is 27.1. The molecule has 1 aliphatic heterocycles. The molecule has 2 aromatic carbocycles. The summed E-state index contributed by atoms with van der Waals surface area (Å²) in [6, 6.07) is 14.6. The van der Waals surface area contributed by atoms with E-state index in [2.05, 4.69) is 11.0 Å². The Labute approximate surface area is 220 Å². The van der Waals surface area contributed by atoms with Gasteiger partial charge in [-0.25, -0.2) is 4.39 Å². The van der Waals surface area contributed by atoms with E-state index in [4.69, 9.17) is 9.47 Å². The van der Waals surface area contributed by atoms with Crippen molar-refractivity contribution in [3.05, 3.63) is 59.4 Å². The first-order valence-electron chi connectivity index (χ1n) is 13.7. The van der Waals surface area contributed by atoms with E-state index in [1.54, 1.807) is 26.4 Å². The maximum Gasteiger partial charge on any atom is 0.166 e. The SMILES string of the molecule is COc1ccc(C(C#N)(CCCN2CCC(C(=O)c3ccc(F)cc3)CC2)C2CCCCC2)cc1OC. The first-order chi connectivity index (χ1) is 18.0. The zero-order valence-electron chi connectivity index (χ0n) is 22.2. The molecule has 5 nitrogen and oxygen atoms in total. The van der Waals surface area contributed by atoms with Crippen molar-refractivity contribution in [3.8, 4) is 17.6 Å². The van der Waals surface area contributed by atoms with Gasteiger partial charge < -0.3 is 14.4 Å². The smallest absolute Gasteiger partial charge is 0.166 e. The van der Waals surface area contributed by atoms with Crippen molar-refractivity contribution in [2.45, 2.75) is 63.2 Å². The first-order valence-corrected chi connectivity index (χ1v) is 13.7. The van der Waals surface area contributed by atoms with E-state index < -0.39 is 5.41 Å². The fourth-order valence-electron chi connectivity index (χ4n) is 6.36. The zero-order chi connectivity index (χ0) is 26.3. The van der Waals surface area contributed by atoms with Crippen LogP contribution in [0.5, 0.6) is 11.5 Å². The van der Waals surface area contributed by atoms with E-state index in [0.29, 0.717) is 23.0 Å². The van der Waals surface area contributed by atoms with E-state index in [1.807, 2.05) is 18.2 Å². The second-order valence-corrected chi connectivity index (χ2v) is 10.6. The summed E-state index contributed by atoms with van der Waals surface area (Å²) >= 11 is 0. The predicted molar refractivity (Wildman–Crippen MR) is 143 cm³/mol. The van der Waals surface area contributed by atoms with Gasteiger partial charge in [0, 0.05) is 11.5 Å². The minimum absolute atomic E-state index is 0.00564. The van der Waals surface area contributed by atoms with Crippen molar-refractivity contribution in [3.63, 3.8) is 0 Å². The van der Waals surface area contributed by atoms with Gasteiger partial charge in [-0.3, -0.25) is 4.79 Å². The van der Waals surface area contributed by atoms with E-state index in [-0.39, 0.29) is 17.5 Å². The lowest BCUT2D eigenvalue weighted by atomic mass is 9.63. The molecule has 1 atom stereocenters. The summed E-state index contributed by atoms with van der Waals surface area (Å²) in [7, 11) is 3.27. The highest BCUT2D eigenvalue weighted by Crippen LogP contribution is 2.46. The second kappa shape index (κ2) is 12.6. The Morgan fingerprint density at radius 1 is 1.00 bits per heavy atom. The molecule has 2 fully saturated rings. The maximum atomic E-state index is 13.2. The number of likely N-dealkylation sites (tertiary alicyclic amines) is 1. The molecule has 0 amide bonds. The molecule has 1 saturated carbocycles. The molecule has 198 valence electrons. The molecule has 0 bridgehead atoms. The highest BCUT2D eigenvalue weighted by Gasteiger charge is 2.41. The molecule has 2 aromatic rings. The standard InChI is InChI=1S/C31H39FN2O3/c1-36-28-14-11-26(21-29(28)37-2)31(22-33,25-7-4-3-5-8-25)17-6-18-34-19-15-24(16-20-34)30(35)23-9-12-27(32)13-10-23/h9-14,21,24-25H,3-8,15-20H2,1-2H3.